The minimum Gasteiger partial charge on any atom is -0.497 e. The molecule has 0 N–H and O–H groups in total. The fourth-order valence-corrected chi connectivity index (χ4v) is 3.98. The monoisotopic (exact) mass is 354 g/mol. The average Bonchev–Trinajstić information content (AvgIpc) is 2.92. The molecule has 1 aliphatic heterocycles. The Morgan fingerprint density at radius 2 is 1.80 bits per heavy atom. The van der Waals surface area contributed by atoms with E-state index in [9.17, 15) is 4.79 Å². The highest BCUT2D eigenvalue weighted by Gasteiger charge is 2.36. The Bertz CT molecular complexity index is 769. The van der Waals surface area contributed by atoms with Gasteiger partial charge in [-0.1, -0.05) is 41.6 Å². The molecule has 1 atom stereocenters. The minimum atomic E-state index is -0.111. The average molecular weight is 354 g/mol. The molecule has 4 nitrogen and oxygen atoms in total. The zero-order valence-corrected chi connectivity index (χ0v) is 15.5. The number of nitrogens with zero attached hydrogens (tertiary/aromatic N) is 2. The van der Waals surface area contributed by atoms with Crippen LogP contribution < -0.4 is 4.74 Å². The lowest BCUT2D eigenvalue weighted by Gasteiger charge is -2.13. The van der Waals surface area contributed by atoms with Gasteiger partial charge in [0.15, 0.2) is 5.17 Å². The number of hydrogen-bond donors (Lipinski definition) is 0. The quantitative estimate of drug-likeness (QED) is 0.808. The first-order valence-corrected chi connectivity index (χ1v) is 9.25. The number of hydrogen-bond acceptors (Lipinski definition) is 4. The smallest absolute Gasteiger partial charge is 0.242 e. The van der Waals surface area contributed by atoms with Crippen LogP contribution in [0, 0.1) is 6.92 Å². The summed E-state index contributed by atoms with van der Waals surface area (Å²) in [7, 11) is 1.64. The largest absolute Gasteiger partial charge is 0.497 e. The zero-order valence-electron chi connectivity index (χ0n) is 14.7. The van der Waals surface area contributed by atoms with E-state index in [-0.39, 0.29) is 11.2 Å². The number of amidine groups is 1. The Morgan fingerprint density at radius 3 is 2.40 bits per heavy atom. The van der Waals surface area contributed by atoms with Crippen molar-refractivity contribution < 1.29 is 9.53 Å². The molecule has 130 valence electrons. The van der Waals surface area contributed by atoms with Crippen LogP contribution in [0.2, 0.25) is 0 Å². The van der Waals surface area contributed by atoms with Gasteiger partial charge in [0.2, 0.25) is 5.91 Å². The summed E-state index contributed by atoms with van der Waals surface area (Å²) in [5, 5.41) is 0.662. The fourth-order valence-electron chi connectivity index (χ4n) is 2.72. The third-order valence-electron chi connectivity index (χ3n) is 4.18. The van der Waals surface area contributed by atoms with Crippen molar-refractivity contribution >= 4 is 28.5 Å². The highest BCUT2D eigenvalue weighted by atomic mass is 32.2. The van der Waals surface area contributed by atoms with E-state index in [4.69, 9.17) is 4.74 Å². The molecule has 0 radical (unpaired) electrons. The second kappa shape index (κ2) is 7.74. The third kappa shape index (κ3) is 4.04. The lowest BCUT2D eigenvalue weighted by molar-refractivity contribution is -0.126. The van der Waals surface area contributed by atoms with Gasteiger partial charge in [-0.05, 0) is 50.1 Å². The maximum atomic E-state index is 12.7. The van der Waals surface area contributed by atoms with Gasteiger partial charge in [0.25, 0.3) is 0 Å². The zero-order chi connectivity index (χ0) is 17.8. The number of rotatable bonds is 5. The molecule has 3 rings (SSSR count). The van der Waals surface area contributed by atoms with Gasteiger partial charge in [0, 0.05) is 6.54 Å². The number of aliphatic imine (C=N–C) groups is 1. The second-order valence-corrected chi connectivity index (χ2v) is 7.14. The summed E-state index contributed by atoms with van der Waals surface area (Å²) in [5.74, 6) is 0.934. The standard InChI is InChI=1S/C20H22N2O2S/c1-4-22-19(23)18(13-15-7-5-14(2)6-8-15)25-20(22)21-16-9-11-17(24-3)12-10-16/h5-12,18H,4,13H2,1-3H3/t18-/m1/s1. The normalized spacial score (nSPS) is 18.8. The van der Waals surface area contributed by atoms with Crippen LogP contribution in [0.15, 0.2) is 53.5 Å². The van der Waals surface area contributed by atoms with Gasteiger partial charge in [-0.15, -0.1) is 0 Å². The maximum Gasteiger partial charge on any atom is 0.242 e. The Morgan fingerprint density at radius 1 is 1.12 bits per heavy atom. The summed E-state index contributed by atoms with van der Waals surface area (Å²) in [6, 6.07) is 15.9. The van der Waals surface area contributed by atoms with Crippen molar-refractivity contribution in [1.82, 2.24) is 4.90 Å². The highest BCUT2D eigenvalue weighted by molar-refractivity contribution is 8.15. The first kappa shape index (κ1) is 17.5. The van der Waals surface area contributed by atoms with E-state index < -0.39 is 0 Å². The Hall–Kier alpha value is -2.27. The van der Waals surface area contributed by atoms with Gasteiger partial charge in [-0.25, -0.2) is 4.99 Å². The van der Waals surface area contributed by atoms with Crippen LogP contribution >= 0.6 is 11.8 Å². The molecule has 1 aliphatic rings. The molecule has 0 aliphatic carbocycles. The number of carbonyl (C=O) groups excluding carboxylic acids is 1. The van der Waals surface area contributed by atoms with Crippen molar-refractivity contribution in [3.05, 3.63) is 59.7 Å². The predicted molar refractivity (Wildman–Crippen MR) is 104 cm³/mol. The van der Waals surface area contributed by atoms with Gasteiger partial charge >= 0.3 is 0 Å². The Balaban J connectivity index is 1.79. The third-order valence-corrected chi connectivity index (χ3v) is 5.35. The molecule has 1 amide bonds. The van der Waals surface area contributed by atoms with E-state index in [1.807, 2.05) is 31.2 Å². The summed E-state index contributed by atoms with van der Waals surface area (Å²) < 4.78 is 5.17. The van der Waals surface area contributed by atoms with Crippen LogP contribution in [0.1, 0.15) is 18.1 Å². The van der Waals surface area contributed by atoms with Crippen molar-refractivity contribution in [3.8, 4) is 5.75 Å². The molecule has 2 aromatic rings. The van der Waals surface area contributed by atoms with Gasteiger partial charge < -0.3 is 4.74 Å². The fraction of sp³-hybridized carbons (Fsp3) is 0.300. The van der Waals surface area contributed by atoms with Crippen molar-refractivity contribution in [1.29, 1.82) is 0 Å². The van der Waals surface area contributed by atoms with Crippen LogP contribution in [0.4, 0.5) is 5.69 Å². The molecule has 1 saturated heterocycles. The summed E-state index contributed by atoms with van der Waals surface area (Å²) in [4.78, 5) is 19.2. The minimum absolute atomic E-state index is 0.111. The summed E-state index contributed by atoms with van der Waals surface area (Å²) in [6.45, 7) is 4.68. The van der Waals surface area contributed by atoms with Crippen LogP contribution in [0.3, 0.4) is 0 Å². The Labute approximate surface area is 152 Å². The maximum absolute atomic E-state index is 12.7. The molecule has 1 heterocycles. The highest BCUT2D eigenvalue weighted by Crippen LogP contribution is 2.32. The van der Waals surface area contributed by atoms with Crippen molar-refractivity contribution in [3.63, 3.8) is 0 Å². The van der Waals surface area contributed by atoms with E-state index in [2.05, 4.69) is 36.2 Å². The van der Waals surface area contributed by atoms with E-state index in [0.29, 0.717) is 6.54 Å². The lowest BCUT2D eigenvalue weighted by atomic mass is 10.1. The number of carbonyl (C=O) groups is 1. The van der Waals surface area contributed by atoms with Gasteiger partial charge in [-0.3, -0.25) is 9.69 Å². The van der Waals surface area contributed by atoms with E-state index in [1.54, 1.807) is 23.8 Å². The first-order chi connectivity index (χ1) is 12.1. The summed E-state index contributed by atoms with van der Waals surface area (Å²) in [5.41, 5.74) is 3.23. The van der Waals surface area contributed by atoms with Crippen LogP contribution in [0.5, 0.6) is 5.75 Å². The van der Waals surface area contributed by atoms with Crippen molar-refractivity contribution in [2.45, 2.75) is 25.5 Å². The van der Waals surface area contributed by atoms with E-state index in [0.717, 1.165) is 23.0 Å². The lowest BCUT2D eigenvalue weighted by Crippen LogP contribution is -2.32. The van der Waals surface area contributed by atoms with E-state index in [1.165, 1.54) is 11.1 Å². The van der Waals surface area contributed by atoms with Crippen LogP contribution in [-0.4, -0.2) is 34.9 Å². The van der Waals surface area contributed by atoms with Crippen molar-refractivity contribution in [2.24, 2.45) is 4.99 Å². The number of ether oxygens (including phenoxy) is 1. The Kier molecular flexibility index (Phi) is 5.43. The van der Waals surface area contributed by atoms with Gasteiger partial charge in [-0.2, -0.15) is 0 Å². The van der Waals surface area contributed by atoms with Gasteiger partial charge in [0.1, 0.15) is 5.75 Å². The summed E-state index contributed by atoms with van der Waals surface area (Å²) >= 11 is 1.55. The number of amides is 1. The second-order valence-electron chi connectivity index (χ2n) is 5.97. The van der Waals surface area contributed by atoms with Gasteiger partial charge in [0.05, 0.1) is 18.0 Å². The molecule has 0 spiro atoms. The molecule has 1 fully saturated rings. The first-order valence-electron chi connectivity index (χ1n) is 8.37. The number of benzene rings is 2. The predicted octanol–water partition coefficient (Wildman–Crippen LogP) is 4.20. The van der Waals surface area contributed by atoms with Crippen LogP contribution in [-0.2, 0) is 11.2 Å². The molecule has 2 aromatic carbocycles. The summed E-state index contributed by atoms with van der Waals surface area (Å²) in [6.07, 6.45) is 0.724. The molecule has 0 bridgehead atoms. The molecule has 0 unspecified atom stereocenters. The molecule has 25 heavy (non-hydrogen) atoms. The topological polar surface area (TPSA) is 41.9 Å². The van der Waals surface area contributed by atoms with Crippen molar-refractivity contribution in [2.75, 3.05) is 13.7 Å². The molecule has 5 heteroatoms. The SMILES string of the molecule is CCN1C(=O)[C@@H](Cc2ccc(C)cc2)SC1=Nc1ccc(OC)cc1. The molecular formula is C20H22N2O2S. The van der Waals surface area contributed by atoms with E-state index >= 15 is 0 Å². The molecule has 0 saturated carbocycles. The molecule has 0 aromatic heterocycles. The number of methoxy groups -OCH3 is 1. The number of thioether (sulfide) groups is 1. The molecular weight excluding hydrogens is 332 g/mol. The van der Waals surface area contributed by atoms with Crippen LogP contribution in [0.25, 0.3) is 0 Å². The number of aryl methyl sites for hydroxylation is 1.